The van der Waals surface area contributed by atoms with E-state index in [9.17, 15) is 14.4 Å². The molecule has 2 rings (SSSR count). The number of rotatable bonds is 0. The minimum absolute atomic E-state index is 0.392. The maximum atomic E-state index is 11.5. The Kier molecular flexibility index (Phi) is 1.63. The Hall–Kier alpha value is -1.79. The van der Waals surface area contributed by atoms with Crippen molar-refractivity contribution in [2.75, 3.05) is 14.1 Å². The SMILES string of the molecule is CN1C(=O)C2NC(=O)NC2N(C)C1=O. The summed E-state index contributed by atoms with van der Waals surface area (Å²) in [4.78, 5) is 36.3. The van der Waals surface area contributed by atoms with E-state index >= 15 is 0 Å². The lowest BCUT2D eigenvalue weighted by atomic mass is 10.1. The third-order valence-corrected chi connectivity index (χ3v) is 2.48. The molecule has 5 amide bonds. The van der Waals surface area contributed by atoms with Crippen LogP contribution in [0.1, 0.15) is 0 Å². The average Bonchev–Trinajstić information content (AvgIpc) is 2.54. The lowest BCUT2D eigenvalue weighted by Gasteiger charge is -2.36. The molecule has 2 unspecified atom stereocenters. The molecular weight excluding hydrogens is 188 g/mol. The number of nitrogens with one attached hydrogen (secondary N) is 2. The minimum atomic E-state index is -0.671. The Bertz CT molecular complexity index is 329. The third kappa shape index (κ3) is 0.949. The molecule has 7 heteroatoms. The smallest absolute Gasteiger partial charge is 0.323 e. The summed E-state index contributed by atoms with van der Waals surface area (Å²) in [6.45, 7) is 0. The van der Waals surface area contributed by atoms with Gasteiger partial charge in [0.25, 0.3) is 5.91 Å². The summed E-state index contributed by atoms with van der Waals surface area (Å²) in [6.07, 6.45) is -0.571. The fourth-order valence-electron chi connectivity index (χ4n) is 1.66. The standard InChI is InChI=1S/C7H10N4O3/c1-10-4-3(8-6(13)9-4)5(12)11(2)7(10)14/h3-4H,1-2H3,(H2,8,9,13). The summed E-state index contributed by atoms with van der Waals surface area (Å²) in [5.74, 6) is -0.392. The molecule has 0 aromatic carbocycles. The van der Waals surface area contributed by atoms with Crippen LogP contribution in [0.5, 0.6) is 0 Å². The fraction of sp³-hybridized carbons (Fsp3) is 0.571. The van der Waals surface area contributed by atoms with Crippen LogP contribution in [-0.2, 0) is 4.79 Å². The molecule has 7 nitrogen and oxygen atoms in total. The molecule has 76 valence electrons. The van der Waals surface area contributed by atoms with Gasteiger partial charge in [-0.15, -0.1) is 0 Å². The Labute approximate surface area is 80.0 Å². The quantitative estimate of drug-likeness (QED) is 0.498. The number of nitrogens with zero attached hydrogens (tertiary/aromatic N) is 2. The molecule has 2 saturated heterocycles. The first-order valence-corrected chi connectivity index (χ1v) is 4.14. The van der Waals surface area contributed by atoms with Gasteiger partial charge in [-0.25, -0.2) is 9.59 Å². The van der Waals surface area contributed by atoms with Crippen LogP contribution in [0.25, 0.3) is 0 Å². The molecule has 2 aliphatic heterocycles. The number of urea groups is 2. The molecule has 2 aliphatic rings. The van der Waals surface area contributed by atoms with Gasteiger partial charge in [-0.3, -0.25) is 9.69 Å². The second-order valence-electron chi connectivity index (χ2n) is 3.33. The van der Waals surface area contributed by atoms with E-state index < -0.39 is 30.2 Å². The van der Waals surface area contributed by atoms with E-state index in [1.165, 1.54) is 19.0 Å². The summed E-state index contributed by atoms with van der Waals surface area (Å²) in [5.41, 5.74) is 0. The number of fused-ring (bicyclic) bond motifs is 1. The Morgan fingerprint density at radius 1 is 1.14 bits per heavy atom. The van der Waals surface area contributed by atoms with Gasteiger partial charge in [0.1, 0.15) is 12.2 Å². The van der Waals surface area contributed by atoms with Crippen LogP contribution in [0, 0.1) is 0 Å². The van der Waals surface area contributed by atoms with E-state index in [0.717, 1.165) is 4.90 Å². The summed E-state index contributed by atoms with van der Waals surface area (Å²) < 4.78 is 0. The van der Waals surface area contributed by atoms with Gasteiger partial charge in [-0.05, 0) is 0 Å². The first-order chi connectivity index (χ1) is 6.52. The summed E-state index contributed by atoms with van der Waals surface area (Å²) in [6, 6.07) is -1.52. The topological polar surface area (TPSA) is 81.8 Å². The normalized spacial score (nSPS) is 31.4. The zero-order chi connectivity index (χ0) is 10.5. The lowest BCUT2D eigenvalue weighted by molar-refractivity contribution is -0.133. The van der Waals surface area contributed by atoms with Gasteiger partial charge in [0.15, 0.2) is 0 Å². The van der Waals surface area contributed by atoms with Crippen molar-refractivity contribution in [1.82, 2.24) is 20.4 Å². The van der Waals surface area contributed by atoms with E-state index in [1.807, 2.05) is 0 Å². The largest absolute Gasteiger partial charge is 0.327 e. The predicted molar refractivity (Wildman–Crippen MR) is 45.2 cm³/mol. The molecule has 0 aromatic rings. The van der Waals surface area contributed by atoms with Crippen LogP contribution in [0.15, 0.2) is 0 Å². The number of imide groups is 1. The van der Waals surface area contributed by atoms with E-state index in [-0.39, 0.29) is 0 Å². The first-order valence-electron chi connectivity index (χ1n) is 4.14. The second kappa shape index (κ2) is 2.60. The number of amides is 5. The van der Waals surface area contributed by atoms with Gasteiger partial charge < -0.3 is 15.5 Å². The predicted octanol–water partition coefficient (Wildman–Crippen LogP) is -1.48. The number of carbonyl (C=O) groups excluding carboxylic acids is 3. The Morgan fingerprint density at radius 2 is 1.79 bits per heavy atom. The molecule has 0 radical (unpaired) electrons. The van der Waals surface area contributed by atoms with Gasteiger partial charge in [0.2, 0.25) is 0 Å². The van der Waals surface area contributed by atoms with Gasteiger partial charge in [0, 0.05) is 14.1 Å². The number of hydrogen-bond acceptors (Lipinski definition) is 3. The van der Waals surface area contributed by atoms with Crippen molar-refractivity contribution in [2.45, 2.75) is 12.2 Å². The number of carbonyl (C=O) groups is 3. The van der Waals surface area contributed by atoms with Crippen LogP contribution in [0.4, 0.5) is 9.59 Å². The van der Waals surface area contributed by atoms with Gasteiger partial charge >= 0.3 is 12.1 Å². The monoisotopic (exact) mass is 198 g/mol. The highest BCUT2D eigenvalue weighted by atomic mass is 16.2. The van der Waals surface area contributed by atoms with E-state index in [2.05, 4.69) is 10.6 Å². The molecule has 0 saturated carbocycles. The van der Waals surface area contributed by atoms with Crippen LogP contribution in [0.3, 0.4) is 0 Å². The van der Waals surface area contributed by atoms with Crippen LogP contribution < -0.4 is 10.6 Å². The molecule has 2 atom stereocenters. The molecule has 0 aliphatic carbocycles. The molecule has 0 bridgehead atoms. The molecule has 14 heavy (non-hydrogen) atoms. The fourth-order valence-corrected chi connectivity index (χ4v) is 1.66. The van der Waals surface area contributed by atoms with Crippen molar-refractivity contribution in [3.8, 4) is 0 Å². The first kappa shape index (κ1) is 8.79. The number of hydrogen-bond donors (Lipinski definition) is 2. The van der Waals surface area contributed by atoms with Crippen LogP contribution >= 0.6 is 0 Å². The van der Waals surface area contributed by atoms with Gasteiger partial charge in [-0.1, -0.05) is 0 Å². The third-order valence-electron chi connectivity index (χ3n) is 2.48. The minimum Gasteiger partial charge on any atom is -0.323 e. The summed E-state index contributed by atoms with van der Waals surface area (Å²) in [5, 5.41) is 4.95. The molecule has 2 fully saturated rings. The van der Waals surface area contributed by atoms with Crippen LogP contribution in [0.2, 0.25) is 0 Å². The van der Waals surface area contributed by atoms with Crippen molar-refractivity contribution >= 4 is 18.0 Å². The number of likely N-dealkylation sites (N-methyl/N-ethyl adjacent to an activating group) is 2. The molecular formula is C7H10N4O3. The second-order valence-corrected chi connectivity index (χ2v) is 3.33. The molecule has 0 spiro atoms. The van der Waals surface area contributed by atoms with Crippen molar-refractivity contribution in [1.29, 1.82) is 0 Å². The molecule has 0 aromatic heterocycles. The maximum absolute atomic E-state index is 11.5. The highest BCUT2D eigenvalue weighted by Gasteiger charge is 2.48. The van der Waals surface area contributed by atoms with E-state index in [1.54, 1.807) is 0 Å². The van der Waals surface area contributed by atoms with Crippen molar-refractivity contribution < 1.29 is 14.4 Å². The zero-order valence-corrected chi connectivity index (χ0v) is 7.77. The van der Waals surface area contributed by atoms with Crippen molar-refractivity contribution in [3.05, 3.63) is 0 Å². The molecule has 2 N–H and O–H groups in total. The Morgan fingerprint density at radius 3 is 2.43 bits per heavy atom. The van der Waals surface area contributed by atoms with Crippen molar-refractivity contribution in [2.24, 2.45) is 0 Å². The van der Waals surface area contributed by atoms with Crippen LogP contribution in [-0.4, -0.2) is 54.1 Å². The van der Waals surface area contributed by atoms with Crippen molar-refractivity contribution in [3.63, 3.8) is 0 Å². The average molecular weight is 198 g/mol. The molecule has 2 heterocycles. The van der Waals surface area contributed by atoms with E-state index in [4.69, 9.17) is 0 Å². The summed E-state index contributed by atoms with van der Waals surface area (Å²) in [7, 11) is 2.93. The Balaban J connectivity index is 2.32. The van der Waals surface area contributed by atoms with Gasteiger partial charge in [-0.2, -0.15) is 0 Å². The van der Waals surface area contributed by atoms with E-state index in [0.29, 0.717) is 0 Å². The highest BCUT2D eigenvalue weighted by Crippen LogP contribution is 2.16. The highest BCUT2D eigenvalue weighted by molar-refractivity contribution is 6.03. The summed E-state index contributed by atoms with van der Waals surface area (Å²) >= 11 is 0. The lowest BCUT2D eigenvalue weighted by Crippen LogP contribution is -2.64. The van der Waals surface area contributed by atoms with Gasteiger partial charge in [0.05, 0.1) is 0 Å². The maximum Gasteiger partial charge on any atom is 0.327 e. The zero-order valence-electron chi connectivity index (χ0n) is 7.77.